The molecule has 0 spiro atoms. The predicted octanol–water partition coefficient (Wildman–Crippen LogP) is 4.05. The smallest absolute Gasteiger partial charge is 0.241 e. The Labute approximate surface area is 181 Å². The first-order chi connectivity index (χ1) is 12.8. The lowest BCUT2D eigenvalue weighted by atomic mass is 9.99. The summed E-state index contributed by atoms with van der Waals surface area (Å²) >= 11 is 5.99. The van der Waals surface area contributed by atoms with E-state index in [2.05, 4.69) is 41.1 Å². The molecule has 0 radical (unpaired) electrons. The Morgan fingerprint density at radius 1 is 0.889 bits per heavy atom. The molecule has 152 valence electrons. The monoisotopic (exact) mass is 454 g/mol. The number of hydrogen-bond donors (Lipinski definition) is 1. The molecule has 1 unspecified atom stereocenters. The van der Waals surface area contributed by atoms with Gasteiger partial charge < -0.3 is 17.0 Å². The average Bonchev–Trinajstić information content (AvgIpc) is 3.18. The van der Waals surface area contributed by atoms with Gasteiger partial charge in [0, 0.05) is 5.02 Å². The number of aromatic amines is 1. The van der Waals surface area contributed by atoms with Crippen molar-refractivity contribution in [3.8, 4) is 0 Å². The lowest BCUT2D eigenvalue weighted by molar-refractivity contribution is -0.723. The first-order valence-corrected chi connectivity index (χ1v) is 11.0. The minimum atomic E-state index is 0. The van der Waals surface area contributed by atoms with Crippen LogP contribution in [-0.4, -0.2) is 4.98 Å². The number of aromatic nitrogens is 2. The van der Waals surface area contributed by atoms with Crippen LogP contribution in [0.1, 0.15) is 89.2 Å². The van der Waals surface area contributed by atoms with Crippen molar-refractivity contribution < 1.29 is 21.5 Å². The van der Waals surface area contributed by atoms with Crippen LogP contribution >= 0.6 is 11.6 Å². The summed E-state index contributed by atoms with van der Waals surface area (Å²) in [6, 6.07) is 8.88. The molecule has 2 nitrogen and oxygen atoms in total. The SMILES string of the molecule is CCCCCCCCCCCC(CCc1ccc(Cl)cc1)[n+]1cc[nH]c1.[Br-]. The Morgan fingerprint density at radius 3 is 2.11 bits per heavy atom. The fourth-order valence-electron chi connectivity index (χ4n) is 3.65. The van der Waals surface area contributed by atoms with Crippen molar-refractivity contribution in [3.63, 3.8) is 0 Å². The highest BCUT2D eigenvalue weighted by Crippen LogP contribution is 2.19. The molecular weight excluding hydrogens is 420 g/mol. The fraction of sp³-hybridized carbons (Fsp3) is 0.609. The highest BCUT2D eigenvalue weighted by molar-refractivity contribution is 6.30. The summed E-state index contributed by atoms with van der Waals surface area (Å²) in [7, 11) is 0. The number of rotatable bonds is 14. The molecular formula is C23H36BrClN2. The first-order valence-electron chi connectivity index (χ1n) is 10.6. The van der Waals surface area contributed by atoms with Crippen LogP contribution in [0, 0.1) is 0 Å². The maximum Gasteiger partial charge on any atom is 0.241 e. The number of nitrogens with one attached hydrogen (secondary N) is 1. The molecule has 0 saturated carbocycles. The first kappa shape index (κ1) is 24.2. The Hall–Kier alpha value is -0.800. The zero-order valence-electron chi connectivity index (χ0n) is 16.8. The Bertz CT molecular complexity index is 569. The third-order valence-corrected chi connectivity index (χ3v) is 5.56. The molecule has 0 saturated heterocycles. The number of imidazole rings is 1. The Morgan fingerprint density at radius 2 is 1.52 bits per heavy atom. The maximum absolute atomic E-state index is 5.99. The minimum absolute atomic E-state index is 0. The van der Waals surface area contributed by atoms with Gasteiger partial charge in [-0.25, -0.2) is 4.57 Å². The fourth-order valence-corrected chi connectivity index (χ4v) is 3.77. The van der Waals surface area contributed by atoms with E-state index in [1.165, 1.54) is 76.2 Å². The summed E-state index contributed by atoms with van der Waals surface area (Å²) in [5.74, 6) is 0. The molecule has 1 atom stereocenters. The van der Waals surface area contributed by atoms with Crippen LogP contribution in [0.2, 0.25) is 5.02 Å². The number of H-pyrrole nitrogens is 1. The second-order valence-electron chi connectivity index (χ2n) is 7.49. The van der Waals surface area contributed by atoms with Crippen LogP contribution in [-0.2, 0) is 6.42 Å². The molecule has 0 amide bonds. The molecule has 4 heteroatoms. The summed E-state index contributed by atoms with van der Waals surface area (Å²) in [5.41, 5.74) is 1.38. The summed E-state index contributed by atoms with van der Waals surface area (Å²) in [4.78, 5) is 3.20. The molecule has 2 aromatic rings. The van der Waals surface area contributed by atoms with Crippen LogP contribution in [0.3, 0.4) is 0 Å². The van der Waals surface area contributed by atoms with Gasteiger partial charge in [-0.15, -0.1) is 0 Å². The number of hydrogen-bond acceptors (Lipinski definition) is 0. The van der Waals surface area contributed by atoms with Crippen molar-refractivity contribution in [1.29, 1.82) is 0 Å². The quantitative estimate of drug-likeness (QED) is 0.327. The number of aryl methyl sites for hydroxylation is 1. The van der Waals surface area contributed by atoms with Crippen LogP contribution in [0.15, 0.2) is 43.0 Å². The topological polar surface area (TPSA) is 19.7 Å². The molecule has 0 fully saturated rings. The van der Waals surface area contributed by atoms with Gasteiger partial charge in [0.25, 0.3) is 0 Å². The highest BCUT2D eigenvalue weighted by atomic mass is 79.9. The third-order valence-electron chi connectivity index (χ3n) is 5.31. The van der Waals surface area contributed by atoms with E-state index in [4.69, 9.17) is 11.6 Å². The summed E-state index contributed by atoms with van der Waals surface area (Å²) in [6.45, 7) is 2.28. The number of halogens is 2. The van der Waals surface area contributed by atoms with Crippen LogP contribution < -0.4 is 21.5 Å². The van der Waals surface area contributed by atoms with Gasteiger partial charge in [0.2, 0.25) is 6.33 Å². The molecule has 1 N–H and O–H groups in total. The Balaban J connectivity index is 0.00000364. The van der Waals surface area contributed by atoms with Gasteiger partial charge in [0.15, 0.2) is 0 Å². The Kier molecular flexibility index (Phi) is 13.6. The van der Waals surface area contributed by atoms with Gasteiger partial charge in [-0.1, -0.05) is 82.0 Å². The standard InChI is InChI=1S/C23H35ClN2.BrH/c1-2-3-4-5-6-7-8-9-10-11-23(26-19-18-25-20-26)17-14-21-12-15-22(24)16-13-21;/h12-13,15-16,18-20,23H,2-11,14,17H2,1H3;1H. The summed E-state index contributed by atoms with van der Waals surface area (Å²) < 4.78 is 2.35. The van der Waals surface area contributed by atoms with Crippen molar-refractivity contribution in [3.05, 3.63) is 53.6 Å². The van der Waals surface area contributed by atoms with Crippen molar-refractivity contribution in [2.24, 2.45) is 0 Å². The second kappa shape index (κ2) is 15.2. The number of unbranched alkanes of at least 4 members (excludes halogenated alkanes) is 8. The highest BCUT2D eigenvalue weighted by Gasteiger charge is 2.15. The van der Waals surface area contributed by atoms with E-state index in [1.54, 1.807) is 0 Å². The summed E-state index contributed by atoms with van der Waals surface area (Å²) in [5, 5.41) is 0.819. The van der Waals surface area contributed by atoms with Gasteiger partial charge in [-0.05, 0) is 43.4 Å². The van der Waals surface area contributed by atoms with E-state index < -0.39 is 0 Å². The average molecular weight is 456 g/mol. The molecule has 27 heavy (non-hydrogen) atoms. The third kappa shape index (κ3) is 10.4. The number of benzene rings is 1. The van der Waals surface area contributed by atoms with E-state index in [9.17, 15) is 0 Å². The maximum atomic E-state index is 5.99. The molecule has 2 rings (SSSR count). The zero-order valence-corrected chi connectivity index (χ0v) is 19.1. The second-order valence-corrected chi connectivity index (χ2v) is 7.93. The molecule has 1 aromatic heterocycles. The molecule has 1 aromatic carbocycles. The van der Waals surface area contributed by atoms with Crippen molar-refractivity contribution in [2.45, 2.75) is 90.0 Å². The van der Waals surface area contributed by atoms with Gasteiger partial charge in [0.1, 0.15) is 18.4 Å². The molecule has 0 aliphatic rings. The zero-order chi connectivity index (χ0) is 18.5. The molecule has 0 aliphatic carbocycles. The molecule has 0 aliphatic heterocycles. The van der Waals surface area contributed by atoms with Gasteiger partial charge in [-0.3, -0.25) is 4.98 Å². The van der Waals surface area contributed by atoms with Gasteiger partial charge in [0.05, 0.1) is 0 Å². The van der Waals surface area contributed by atoms with Crippen molar-refractivity contribution >= 4 is 11.6 Å². The van der Waals surface area contributed by atoms with Gasteiger partial charge in [-0.2, -0.15) is 0 Å². The lowest BCUT2D eigenvalue weighted by Crippen LogP contribution is -3.00. The van der Waals surface area contributed by atoms with E-state index in [0.717, 1.165) is 11.4 Å². The molecule has 1 heterocycles. The normalized spacial score (nSPS) is 11.9. The van der Waals surface area contributed by atoms with Crippen LogP contribution in [0.4, 0.5) is 0 Å². The van der Waals surface area contributed by atoms with E-state index in [0.29, 0.717) is 6.04 Å². The number of nitrogens with zero attached hydrogens (tertiary/aromatic N) is 1. The van der Waals surface area contributed by atoms with Crippen LogP contribution in [0.25, 0.3) is 0 Å². The largest absolute Gasteiger partial charge is 1.00 e. The van der Waals surface area contributed by atoms with E-state index in [1.807, 2.05) is 18.3 Å². The van der Waals surface area contributed by atoms with E-state index in [-0.39, 0.29) is 17.0 Å². The van der Waals surface area contributed by atoms with Gasteiger partial charge >= 0.3 is 0 Å². The van der Waals surface area contributed by atoms with E-state index >= 15 is 0 Å². The van der Waals surface area contributed by atoms with Crippen molar-refractivity contribution in [1.82, 2.24) is 4.98 Å². The predicted molar refractivity (Wildman–Crippen MR) is 112 cm³/mol. The molecule has 0 bridgehead atoms. The minimum Gasteiger partial charge on any atom is -1.00 e. The van der Waals surface area contributed by atoms with Crippen LogP contribution in [0.5, 0.6) is 0 Å². The lowest BCUT2D eigenvalue weighted by Gasteiger charge is -2.14. The summed E-state index contributed by atoms with van der Waals surface area (Å²) in [6.07, 6.45) is 22.4. The van der Waals surface area contributed by atoms with Crippen molar-refractivity contribution in [2.75, 3.05) is 0 Å².